The minimum atomic E-state index is 0. The highest BCUT2D eigenvalue weighted by molar-refractivity contribution is 5.85. The second kappa shape index (κ2) is 6.33. The van der Waals surface area contributed by atoms with Crippen molar-refractivity contribution in [2.24, 2.45) is 5.92 Å². The van der Waals surface area contributed by atoms with Crippen LogP contribution in [-0.2, 0) is 13.1 Å². The first-order valence-corrected chi connectivity index (χ1v) is 5.94. The summed E-state index contributed by atoms with van der Waals surface area (Å²) in [4.78, 5) is 6.68. The molecular formula is C11H22ClN5. The van der Waals surface area contributed by atoms with Crippen LogP contribution in [-0.4, -0.2) is 45.8 Å². The Morgan fingerprint density at radius 3 is 2.76 bits per heavy atom. The molecule has 0 aliphatic carbocycles. The number of nitrogens with one attached hydrogen (secondary N) is 1. The van der Waals surface area contributed by atoms with Gasteiger partial charge in [0, 0.05) is 25.7 Å². The number of nitrogens with zero attached hydrogens (tertiary/aromatic N) is 4. The molecule has 0 unspecified atom stereocenters. The van der Waals surface area contributed by atoms with E-state index in [4.69, 9.17) is 0 Å². The maximum Gasteiger partial charge on any atom is 0.141 e. The Kier molecular flexibility index (Phi) is 5.36. The van der Waals surface area contributed by atoms with E-state index in [1.54, 1.807) is 6.33 Å². The smallest absolute Gasteiger partial charge is 0.141 e. The molecule has 1 N–H and O–H groups in total. The highest BCUT2D eigenvalue weighted by atomic mass is 35.5. The lowest BCUT2D eigenvalue weighted by Crippen LogP contribution is -2.55. The van der Waals surface area contributed by atoms with Crippen molar-refractivity contribution in [2.45, 2.75) is 33.0 Å². The van der Waals surface area contributed by atoms with Crippen molar-refractivity contribution in [3.8, 4) is 0 Å². The maximum atomic E-state index is 4.34. The van der Waals surface area contributed by atoms with E-state index in [1.807, 2.05) is 4.68 Å². The largest absolute Gasteiger partial charge is 0.314 e. The summed E-state index contributed by atoms with van der Waals surface area (Å²) in [6.07, 6.45) is 1.66. The van der Waals surface area contributed by atoms with E-state index in [0.29, 0.717) is 12.0 Å². The Balaban J connectivity index is 0.00000144. The van der Waals surface area contributed by atoms with Crippen molar-refractivity contribution in [1.82, 2.24) is 25.0 Å². The fourth-order valence-corrected chi connectivity index (χ4v) is 1.85. The molecule has 6 heteroatoms. The van der Waals surface area contributed by atoms with Crippen LogP contribution < -0.4 is 5.32 Å². The van der Waals surface area contributed by atoms with Crippen LogP contribution in [0.2, 0.25) is 0 Å². The zero-order valence-corrected chi connectivity index (χ0v) is 11.6. The van der Waals surface area contributed by atoms with Gasteiger partial charge in [0.25, 0.3) is 0 Å². The number of aromatic nitrogens is 3. The summed E-state index contributed by atoms with van der Waals surface area (Å²) in [5, 5.41) is 7.56. The van der Waals surface area contributed by atoms with Crippen LogP contribution in [0.25, 0.3) is 0 Å². The van der Waals surface area contributed by atoms with Crippen LogP contribution in [0.5, 0.6) is 0 Å². The van der Waals surface area contributed by atoms with Crippen LogP contribution >= 0.6 is 12.4 Å². The Labute approximate surface area is 109 Å². The molecule has 5 nitrogen and oxygen atoms in total. The van der Waals surface area contributed by atoms with Gasteiger partial charge in [-0.3, -0.25) is 4.90 Å². The molecule has 2 rings (SSSR count). The Hall–Kier alpha value is -0.650. The van der Waals surface area contributed by atoms with E-state index >= 15 is 0 Å². The molecule has 1 fully saturated rings. The van der Waals surface area contributed by atoms with Crippen LogP contribution in [0.1, 0.15) is 19.7 Å². The van der Waals surface area contributed by atoms with E-state index in [0.717, 1.165) is 32.0 Å². The van der Waals surface area contributed by atoms with E-state index in [-0.39, 0.29) is 12.4 Å². The number of rotatable bonds is 5. The van der Waals surface area contributed by atoms with Gasteiger partial charge in [-0.05, 0) is 13.0 Å². The van der Waals surface area contributed by atoms with E-state index in [1.165, 1.54) is 0 Å². The first-order chi connectivity index (χ1) is 7.66. The molecule has 0 saturated carbocycles. The summed E-state index contributed by atoms with van der Waals surface area (Å²) in [7, 11) is 2.15. The second-order valence-corrected chi connectivity index (χ2v) is 4.98. The van der Waals surface area contributed by atoms with Gasteiger partial charge < -0.3 is 5.32 Å². The molecule has 0 radical (unpaired) electrons. The zero-order valence-electron chi connectivity index (χ0n) is 10.8. The molecule has 1 aliphatic rings. The Morgan fingerprint density at radius 2 is 2.24 bits per heavy atom. The molecule has 0 spiro atoms. The number of hydrogen-bond donors (Lipinski definition) is 1. The molecule has 0 amide bonds. The molecule has 17 heavy (non-hydrogen) atoms. The van der Waals surface area contributed by atoms with Gasteiger partial charge in [-0.2, -0.15) is 5.10 Å². The van der Waals surface area contributed by atoms with Gasteiger partial charge in [-0.25, -0.2) is 9.67 Å². The normalized spacial score (nSPS) is 16.1. The van der Waals surface area contributed by atoms with Crippen molar-refractivity contribution in [1.29, 1.82) is 0 Å². The molecule has 2 heterocycles. The summed E-state index contributed by atoms with van der Waals surface area (Å²) >= 11 is 0. The second-order valence-electron chi connectivity index (χ2n) is 4.98. The molecule has 98 valence electrons. The van der Waals surface area contributed by atoms with Crippen LogP contribution in [0.4, 0.5) is 0 Å². The monoisotopic (exact) mass is 259 g/mol. The van der Waals surface area contributed by atoms with Gasteiger partial charge >= 0.3 is 0 Å². The van der Waals surface area contributed by atoms with E-state index in [2.05, 4.69) is 41.2 Å². The van der Waals surface area contributed by atoms with Crippen molar-refractivity contribution >= 4 is 12.4 Å². The summed E-state index contributed by atoms with van der Waals surface area (Å²) in [6, 6.07) is 0.657. The lowest BCUT2D eigenvalue weighted by atomic mass is 10.1. The number of likely N-dealkylation sites (N-methyl/N-ethyl adjacent to an activating group) is 1. The third-order valence-corrected chi connectivity index (χ3v) is 3.01. The average Bonchev–Trinajstić information content (AvgIpc) is 2.48. The lowest BCUT2D eigenvalue weighted by Gasteiger charge is -2.35. The SMILES string of the molecule is CC(C)Cn1ncnc1CN(C)C1CNC1.Cl. The summed E-state index contributed by atoms with van der Waals surface area (Å²) < 4.78 is 2.02. The van der Waals surface area contributed by atoms with Crippen molar-refractivity contribution < 1.29 is 0 Å². The van der Waals surface area contributed by atoms with Gasteiger partial charge in [-0.15, -0.1) is 12.4 Å². The minimum absolute atomic E-state index is 0. The first kappa shape index (κ1) is 14.4. The van der Waals surface area contributed by atoms with Crippen molar-refractivity contribution in [2.75, 3.05) is 20.1 Å². The molecule has 1 saturated heterocycles. The molecule has 1 aromatic heterocycles. The molecule has 0 atom stereocenters. The average molecular weight is 260 g/mol. The molecule has 0 bridgehead atoms. The fraction of sp³-hybridized carbons (Fsp3) is 0.818. The minimum Gasteiger partial charge on any atom is -0.314 e. The predicted octanol–water partition coefficient (Wildman–Crippen LogP) is 0.759. The van der Waals surface area contributed by atoms with E-state index < -0.39 is 0 Å². The van der Waals surface area contributed by atoms with Gasteiger partial charge in [0.2, 0.25) is 0 Å². The topological polar surface area (TPSA) is 46.0 Å². The zero-order chi connectivity index (χ0) is 11.5. The Bertz CT molecular complexity index is 334. The standard InChI is InChI=1S/C11H21N5.ClH/c1-9(2)6-16-11(13-8-14-16)7-15(3)10-4-12-5-10;/h8-10,12H,4-7H2,1-3H3;1H. The highest BCUT2D eigenvalue weighted by Gasteiger charge is 2.22. The van der Waals surface area contributed by atoms with Crippen molar-refractivity contribution in [3.05, 3.63) is 12.2 Å². The predicted molar refractivity (Wildman–Crippen MR) is 70.2 cm³/mol. The lowest BCUT2D eigenvalue weighted by molar-refractivity contribution is 0.166. The van der Waals surface area contributed by atoms with E-state index in [9.17, 15) is 0 Å². The summed E-state index contributed by atoms with van der Waals surface area (Å²) in [5.41, 5.74) is 0. The van der Waals surface area contributed by atoms with Crippen LogP contribution in [0.15, 0.2) is 6.33 Å². The van der Waals surface area contributed by atoms with Gasteiger partial charge in [0.1, 0.15) is 12.2 Å². The number of halogens is 1. The quantitative estimate of drug-likeness (QED) is 0.848. The Morgan fingerprint density at radius 1 is 1.53 bits per heavy atom. The van der Waals surface area contributed by atoms with Gasteiger partial charge in [-0.1, -0.05) is 13.8 Å². The van der Waals surface area contributed by atoms with Gasteiger partial charge in [0.15, 0.2) is 0 Å². The highest BCUT2D eigenvalue weighted by Crippen LogP contribution is 2.08. The fourth-order valence-electron chi connectivity index (χ4n) is 1.85. The first-order valence-electron chi connectivity index (χ1n) is 5.94. The summed E-state index contributed by atoms with van der Waals surface area (Å²) in [6.45, 7) is 8.42. The third-order valence-electron chi connectivity index (χ3n) is 3.01. The van der Waals surface area contributed by atoms with Crippen LogP contribution in [0, 0.1) is 5.92 Å². The number of hydrogen-bond acceptors (Lipinski definition) is 4. The molecule has 1 aliphatic heterocycles. The molecule has 0 aromatic carbocycles. The third kappa shape index (κ3) is 3.66. The van der Waals surface area contributed by atoms with Crippen molar-refractivity contribution in [3.63, 3.8) is 0 Å². The molecule has 1 aromatic rings. The summed E-state index contributed by atoms with van der Waals surface area (Å²) in [5.74, 6) is 1.68. The molecular weight excluding hydrogens is 238 g/mol. The van der Waals surface area contributed by atoms with Gasteiger partial charge in [0.05, 0.1) is 6.54 Å². The van der Waals surface area contributed by atoms with Crippen LogP contribution in [0.3, 0.4) is 0 Å². The maximum absolute atomic E-state index is 4.34.